The predicted molar refractivity (Wildman–Crippen MR) is 83.9 cm³/mol. The first-order chi connectivity index (χ1) is 9.39. The SMILES string of the molecule is CC12CC3CC(C1)CC(C(=O)c1cc(Cl)sc1Cl)(C3)C2. The fourth-order valence-electron chi connectivity index (χ4n) is 5.77. The monoisotopic (exact) mass is 328 g/mol. The topological polar surface area (TPSA) is 17.1 Å². The second kappa shape index (κ2) is 4.24. The molecule has 108 valence electrons. The Balaban J connectivity index is 1.74. The van der Waals surface area contributed by atoms with E-state index in [1.807, 2.05) is 0 Å². The molecule has 0 aliphatic heterocycles. The molecule has 4 bridgehead atoms. The Kier molecular flexibility index (Phi) is 2.88. The Morgan fingerprint density at radius 2 is 1.90 bits per heavy atom. The summed E-state index contributed by atoms with van der Waals surface area (Å²) in [6, 6.07) is 1.78. The van der Waals surface area contributed by atoms with Crippen molar-refractivity contribution in [2.24, 2.45) is 22.7 Å². The first-order valence-electron chi connectivity index (χ1n) is 7.39. The second-order valence-corrected chi connectivity index (χ2v) is 9.90. The van der Waals surface area contributed by atoms with E-state index >= 15 is 0 Å². The van der Waals surface area contributed by atoms with E-state index in [9.17, 15) is 4.79 Å². The minimum atomic E-state index is -0.146. The van der Waals surface area contributed by atoms with Crippen LogP contribution in [0.15, 0.2) is 6.07 Å². The first-order valence-corrected chi connectivity index (χ1v) is 8.96. The maximum atomic E-state index is 13.1. The van der Waals surface area contributed by atoms with Gasteiger partial charge < -0.3 is 0 Å². The van der Waals surface area contributed by atoms with Gasteiger partial charge in [0.25, 0.3) is 0 Å². The third-order valence-electron chi connectivity index (χ3n) is 5.74. The average Bonchev–Trinajstić information content (AvgIpc) is 2.64. The molecule has 4 aliphatic rings. The number of rotatable bonds is 2. The van der Waals surface area contributed by atoms with Gasteiger partial charge in [0.05, 0.1) is 4.34 Å². The number of hydrogen-bond donors (Lipinski definition) is 0. The van der Waals surface area contributed by atoms with Crippen molar-refractivity contribution in [1.29, 1.82) is 0 Å². The number of Topliss-reactive ketones (excluding diaryl/α,β-unsaturated/α-hetero) is 1. The molecule has 5 rings (SSSR count). The van der Waals surface area contributed by atoms with Crippen molar-refractivity contribution >= 4 is 40.3 Å². The Morgan fingerprint density at radius 3 is 2.40 bits per heavy atom. The van der Waals surface area contributed by atoms with Crippen molar-refractivity contribution in [3.63, 3.8) is 0 Å². The fraction of sp³-hybridized carbons (Fsp3) is 0.688. The summed E-state index contributed by atoms with van der Waals surface area (Å²) in [5.41, 5.74) is 0.908. The van der Waals surface area contributed by atoms with E-state index < -0.39 is 0 Å². The Bertz CT molecular complexity index is 577. The summed E-state index contributed by atoms with van der Waals surface area (Å²) < 4.78 is 1.19. The lowest BCUT2D eigenvalue weighted by atomic mass is 9.43. The molecule has 0 N–H and O–H groups in total. The van der Waals surface area contributed by atoms with Crippen LogP contribution in [0.25, 0.3) is 0 Å². The zero-order valence-corrected chi connectivity index (χ0v) is 13.9. The minimum Gasteiger partial charge on any atom is -0.293 e. The van der Waals surface area contributed by atoms with Crippen LogP contribution in [0.5, 0.6) is 0 Å². The molecule has 2 unspecified atom stereocenters. The highest BCUT2D eigenvalue weighted by atomic mass is 35.5. The molecule has 2 atom stereocenters. The minimum absolute atomic E-state index is 0.146. The molecule has 1 aromatic rings. The van der Waals surface area contributed by atoms with Gasteiger partial charge in [-0.3, -0.25) is 4.79 Å². The predicted octanol–water partition coefficient (Wildman–Crippen LogP) is 5.84. The highest BCUT2D eigenvalue weighted by Crippen LogP contribution is 2.66. The van der Waals surface area contributed by atoms with Crippen LogP contribution in [0.2, 0.25) is 8.67 Å². The smallest absolute Gasteiger partial charge is 0.171 e. The molecule has 4 saturated carbocycles. The van der Waals surface area contributed by atoms with Crippen LogP contribution < -0.4 is 0 Å². The molecule has 1 nitrogen and oxygen atoms in total. The highest BCUT2D eigenvalue weighted by molar-refractivity contribution is 7.20. The quantitative estimate of drug-likeness (QED) is 0.623. The van der Waals surface area contributed by atoms with E-state index in [-0.39, 0.29) is 11.2 Å². The Morgan fingerprint density at radius 1 is 1.25 bits per heavy atom. The summed E-state index contributed by atoms with van der Waals surface area (Å²) in [6.45, 7) is 2.38. The molecule has 4 fully saturated rings. The molecule has 4 heteroatoms. The van der Waals surface area contributed by atoms with Crippen LogP contribution >= 0.6 is 34.5 Å². The summed E-state index contributed by atoms with van der Waals surface area (Å²) in [5, 5.41) is 0. The van der Waals surface area contributed by atoms with Gasteiger partial charge in [-0.25, -0.2) is 0 Å². The van der Waals surface area contributed by atoms with Crippen molar-refractivity contribution in [2.75, 3.05) is 0 Å². The highest BCUT2D eigenvalue weighted by Gasteiger charge is 2.58. The van der Waals surface area contributed by atoms with Gasteiger partial charge in [0.2, 0.25) is 0 Å². The summed E-state index contributed by atoms with van der Waals surface area (Å²) >= 11 is 13.6. The van der Waals surface area contributed by atoms with Gasteiger partial charge in [0, 0.05) is 11.0 Å². The zero-order chi connectivity index (χ0) is 14.1. The van der Waals surface area contributed by atoms with E-state index in [4.69, 9.17) is 23.2 Å². The van der Waals surface area contributed by atoms with Crippen LogP contribution in [0, 0.1) is 22.7 Å². The van der Waals surface area contributed by atoms with Gasteiger partial charge in [0.15, 0.2) is 5.78 Å². The van der Waals surface area contributed by atoms with Crippen molar-refractivity contribution < 1.29 is 4.79 Å². The largest absolute Gasteiger partial charge is 0.293 e. The third kappa shape index (κ3) is 1.91. The summed E-state index contributed by atoms with van der Waals surface area (Å²) in [7, 11) is 0. The molecule has 1 aromatic heterocycles. The van der Waals surface area contributed by atoms with Crippen LogP contribution in [0.1, 0.15) is 55.8 Å². The van der Waals surface area contributed by atoms with Crippen LogP contribution in [-0.2, 0) is 0 Å². The zero-order valence-electron chi connectivity index (χ0n) is 11.5. The lowest BCUT2D eigenvalue weighted by Crippen LogP contribution is -2.53. The van der Waals surface area contributed by atoms with Crippen LogP contribution in [0.4, 0.5) is 0 Å². The number of halogens is 2. The van der Waals surface area contributed by atoms with E-state index in [2.05, 4.69) is 6.92 Å². The number of hydrogen-bond acceptors (Lipinski definition) is 2. The molecule has 4 aliphatic carbocycles. The van der Waals surface area contributed by atoms with Gasteiger partial charge >= 0.3 is 0 Å². The molecule has 0 saturated heterocycles. The van der Waals surface area contributed by atoms with E-state index in [0.29, 0.717) is 19.7 Å². The van der Waals surface area contributed by atoms with Gasteiger partial charge in [0.1, 0.15) is 4.34 Å². The molecule has 1 heterocycles. The van der Waals surface area contributed by atoms with Crippen molar-refractivity contribution in [3.05, 3.63) is 20.3 Å². The standard InChI is InChI=1S/C16H18Cl2OS/c1-15-4-9-2-10(5-15)7-16(6-9,8-15)13(19)11-3-12(17)20-14(11)18/h3,9-10H,2,4-8H2,1H3. The van der Waals surface area contributed by atoms with Crippen LogP contribution in [0.3, 0.4) is 0 Å². The first kappa shape index (κ1) is 13.6. The molecule has 0 amide bonds. The Labute approximate surface area is 133 Å². The summed E-state index contributed by atoms with van der Waals surface area (Å²) in [4.78, 5) is 13.1. The summed E-state index contributed by atoms with van der Waals surface area (Å²) in [6.07, 6.45) is 7.16. The van der Waals surface area contributed by atoms with Crippen LogP contribution in [-0.4, -0.2) is 5.78 Å². The number of ketones is 1. The number of thiophene rings is 1. The maximum Gasteiger partial charge on any atom is 0.171 e. The molecule has 0 radical (unpaired) electrons. The van der Waals surface area contributed by atoms with Crippen molar-refractivity contribution in [3.8, 4) is 0 Å². The lowest BCUT2D eigenvalue weighted by Gasteiger charge is -2.60. The molecular weight excluding hydrogens is 311 g/mol. The van der Waals surface area contributed by atoms with Gasteiger partial charge in [-0.15, -0.1) is 11.3 Å². The lowest BCUT2D eigenvalue weighted by molar-refractivity contribution is -0.0820. The molecule has 20 heavy (non-hydrogen) atoms. The number of carbonyl (C=O) groups is 1. The molecule has 0 spiro atoms. The molecular formula is C16H18Cl2OS. The number of carbonyl (C=O) groups excluding carboxylic acids is 1. The second-order valence-electron chi connectivity index (χ2n) is 7.62. The molecule has 0 aromatic carbocycles. The van der Waals surface area contributed by atoms with Crippen molar-refractivity contribution in [2.45, 2.75) is 45.4 Å². The van der Waals surface area contributed by atoms with Gasteiger partial charge in [-0.2, -0.15) is 0 Å². The normalized spacial score (nSPS) is 42.1. The van der Waals surface area contributed by atoms with Crippen molar-refractivity contribution in [1.82, 2.24) is 0 Å². The van der Waals surface area contributed by atoms with Gasteiger partial charge in [-0.05, 0) is 61.8 Å². The fourth-order valence-corrected chi connectivity index (χ4v) is 7.23. The Hall–Kier alpha value is -0.0500. The van der Waals surface area contributed by atoms with E-state index in [1.165, 1.54) is 30.6 Å². The summed E-state index contributed by atoms with van der Waals surface area (Å²) in [5.74, 6) is 1.77. The van der Waals surface area contributed by atoms with E-state index in [0.717, 1.165) is 31.1 Å². The van der Waals surface area contributed by atoms with Gasteiger partial charge in [-0.1, -0.05) is 30.1 Å². The maximum absolute atomic E-state index is 13.1. The van der Waals surface area contributed by atoms with E-state index in [1.54, 1.807) is 6.07 Å². The third-order valence-corrected chi connectivity index (χ3v) is 7.22. The average molecular weight is 329 g/mol.